The minimum Gasteiger partial charge on any atom is -0.480 e. The van der Waals surface area contributed by atoms with E-state index in [9.17, 15) is 27.9 Å². The highest BCUT2D eigenvalue weighted by Crippen LogP contribution is 2.39. The molecule has 1 N–H and O–H groups in total. The highest BCUT2D eigenvalue weighted by molar-refractivity contribution is 5.97. The van der Waals surface area contributed by atoms with Crippen molar-refractivity contribution in [3.63, 3.8) is 0 Å². The molecule has 2 heterocycles. The molecule has 2 aliphatic rings. The summed E-state index contributed by atoms with van der Waals surface area (Å²) in [6.45, 7) is 4.04. The van der Waals surface area contributed by atoms with Crippen LogP contribution in [0.4, 0.5) is 13.2 Å². The molecule has 6 nitrogen and oxygen atoms in total. The number of carbonyl (C=O) groups is 2. The Balaban J connectivity index is 1.91. The van der Waals surface area contributed by atoms with Crippen molar-refractivity contribution in [2.45, 2.75) is 44.1 Å². The van der Waals surface area contributed by atoms with E-state index in [4.69, 9.17) is 4.74 Å². The lowest BCUT2D eigenvalue weighted by atomic mass is 9.96. The zero-order chi connectivity index (χ0) is 20.5. The van der Waals surface area contributed by atoms with Gasteiger partial charge in [0, 0.05) is 31.5 Å². The molecular weight excluding hydrogens is 377 g/mol. The SMILES string of the molecule is CCCN1CCC2(CC1)OC[C@@H](C(=O)O)N2C(=O)c1cccc(C(F)(F)F)c1. The number of amides is 1. The van der Waals surface area contributed by atoms with Gasteiger partial charge in [0.15, 0.2) is 6.04 Å². The summed E-state index contributed by atoms with van der Waals surface area (Å²) in [6, 6.07) is 2.85. The van der Waals surface area contributed by atoms with Crippen LogP contribution in [0.1, 0.15) is 42.1 Å². The molecule has 1 aromatic rings. The maximum atomic E-state index is 13.1. The second kappa shape index (κ2) is 7.71. The second-order valence-corrected chi connectivity index (χ2v) is 7.21. The van der Waals surface area contributed by atoms with Gasteiger partial charge in [0.25, 0.3) is 5.91 Å². The van der Waals surface area contributed by atoms with E-state index in [2.05, 4.69) is 11.8 Å². The molecule has 154 valence electrons. The Labute approximate surface area is 160 Å². The molecule has 1 aromatic carbocycles. The number of benzene rings is 1. The van der Waals surface area contributed by atoms with Crippen LogP contribution in [-0.2, 0) is 15.7 Å². The molecular formula is C19H23F3N2O4. The number of nitrogens with zero attached hydrogens (tertiary/aromatic N) is 2. The van der Waals surface area contributed by atoms with Gasteiger partial charge in [0.05, 0.1) is 12.2 Å². The van der Waals surface area contributed by atoms with E-state index in [1.807, 2.05) is 0 Å². The van der Waals surface area contributed by atoms with E-state index in [0.717, 1.165) is 36.1 Å². The summed E-state index contributed by atoms with van der Waals surface area (Å²) in [5.41, 5.74) is -2.24. The summed E-state index contributed by atoms with van der Waals surface area (Å²) < 4.78 is 44.9. The van der Waals surface area contributed by atoms with E-state index in [0.29, 0.717) is 25.9 Å². The van der Waals surface area contributed by atoms with Gasteiger partial charge in [-0.1, -0.05) is 13.0 Å². The highest BCUT2D eigenvalue weighted by atomic mass is 19.4. The average molecular weight is 400 g/mol. The Morgan fingerprint density at radius 3 is 2.54 bits per heavy atom. The molecule has 2 aliphatic heterocycles. The van der Waals surface area contributed by atoms with Gasteiger partial charge < -0.3 is 14.7 Å². The van der Waals surface area contributed by atoms with Crippen LogP contribution >= 0.6 is 0 Å². The molecule has 0 aromatic heterocycles. The largest absolute Gasteiger partial charge is 0.480 e. The number of carbonyl (C=O) groups excluding carboxylic acids is 1. The first-order valence-corrected chi connectivity index (χ1v) is 9.28. The minimum atomic E-state index is -4.59. The van der Waals surface area contributed by atoms with Gasteiger partial charge in [-0.3, -0.25) is 9.69 Å². The smallest absolute Gasteiger partial charge is 0.416 e. The Bertz CT molecular complexity index is 745. The van der Waals surface area contributed by atoms with Gasteiger partial charge in [-0.25, -0.2) is 4.79 Å². The summed E-state index contributed by atoms with van der Waals surface area (Å²) in [6.07, 6.45) is -2.78. The molecule has 2 fully saturated rings. The summed E-state index contributed by atoms with van der Waals surface area (Å²) in [4.78, 5) is 28.2. The Morgan fingerprint density at radius 2 is 1.96 bits per heavy atom. The Kier molecular flexibility index (Phi) is 5.67. The zero-order valence-electron chi connectivity index (χ0n) is 15.5. The van der Waals surface area contributed by atoms with Crippen molar-refractivity contribution in [2.75, 3.05) is 26.2 Å². The maximum Gasteiger partial charge on any atom is 0.416 e. The van der Waals surface area contributed by atoms with E-state index >= 15 is 0 Å². The molecule has 28 heavy (non-hydrogen) atoms. The number of rotatable bonds is 4. The van der Waals surface area contributed by atoms with Crippen molar-refractivity contribution in [3.05, 3.63) is 35.4 Å². The number of alkyl halides is 3. The maximum absolute atomic E-state index is 13.1. The van der Waals surface area contributed by atoms with Crippen LogP contribution < -0.4 is 0 Å². The normalized spacial score (nSPS) is 22.6. The van der Waals surface area contributed by atoms with Crippen molar-refractivity contribution < 1.29 is 32.6 Å². The van der Waals surface area contributed by atoms with Gasteiger partial charge in [-0.15, -0.1) is 0 Å². The minimum absolute atomic E-state index is 0.173. The lowest BCUT2D eigenvalue weighted by Crippen LogP contribution is -2.58. The first-order chi connectivity index (χ1) is 13.2. The summed E-state index contributed by atoms with van der Waals surface area (Å²) in [5, 5.41) is 9.55. The number of hydrogen-bond acceptors (Lipinski definition) is 4. The average Bonchev–Trinajstić information content (AvgIpc) is 3.02. The van der Waals surface area contributed by atoms with Gasteiger partial charge in [0.2, 0.25) is 0 Å². The number of carboxylic acid groups (broad SMARTS) is 1. The first kappa shape index (κ1) is 20.6. The van der Waals surface area contributed by atoms with Crippen molar-refractivity contribution in [1.82, 2.24) is 9.80 Å². The molecule has 1 atom stereocenters. The van der Waals surface area contributed by atoms with Gasteiger partial charge in [-0.05, 0) is 31.2 Å². The van der Waals surface area contributed by atoms with Crippen LogP contribution in [0.25, 0.3) is 0 Å². The Hall–Kier alpha value is -2.13. The molecule has 0 bridgehead atoms. The van der Waals surface area contributed by atoms with Crippen LogP contribution in [0, 0.1) is 0 Å². The number of halogens is 3. The van der Waals surface area contributed by atoms with Gasteiger partial charge in [-0.2, -0.15) is 13.2 Å². The number of hydrogen-bond donors (Lipinski definition) is 1. The molecule has 1 amide bonds. The number of carboxylic acids is 1. The molecule has 2 saturated heterocycles. The van der Waals surface area contributed by atoms with Gasteiger partial charge in [0.1, 0.15) is 5.72 Å². The van der Waals surface area contributed by atoms with E-state index in [1.54, 1.807) is 0 Å². The predicted octanol–water partition coefficient (Wildman–Crippen LogP) is 2.83. The molecule has 0 unspecified atom stereocenters. The monoisotopic (exact) mass is 400 g/mol. The molecule has 1 spiro atoms. The summed E-state index contributed by atoms with van der Waals surface area (Å²) in [7, 11) is 0. The zero-order valence-corrected chi connectivity index (χ0v) is 15.5. The second-order valence-electron chi connectivity index (χ2n) is 7.21. The first-order valence-electron chi connectivity index (χ1n) is 9.28. The molecule has 3 rings (SSSR count). The fourth-order valence-electron chi connectivity index (χ4n) is 3.97. The lowest BCUT2D eigenvalue weighted by Gasteiger charge is -2.44. The molecule has 9 heteroatoms. The highest BCUT2D eigenvalue weighted by Gasteiger charge is 2.54. The molecule has 0 saturated carbocycles. The number of likely N-dealkylation sites (tertiary alicyclic amines) is 1. The van der Waals surface area contributed by atoms with Crippen LogP contribution in [0.3, 0.4) is 0 Å². The lowest BCUT2D eigenvalue weighted by molar-refractivity contribution is -0.144. The Morgan fingerprint density at radius 1 is 1.29 bits per heavy atom. The van der Waals surface area contributed by atoms with Crippen LogP contribution in [0.5, 0.6) is 0 Å². The third-order valence-corrected chi connectivity index (χ3v) is 5.38. The van der Waals surface area contributed by atoms with Crippen LogP contribution in [0.2, 0.25) is 0 Å². The topological polar surface area (TPSA) is 70.1 Å². The van der Waals surface area contributed by atoms with Crippen molar-refractivity contribution >= 4 is 11.9 Å². The van der Waals surface area contributed by atoms with E-state index in [1.165, 1.54) is 6.07 Å². The van der Waals surface area contributed by atoms with Crippen molar-refractivity contribution in [3.8, 4) is 0 Å². The van der Waals surface area contributed by atoms with E-state index in [-0.39, 0.29) is 12.2 Å². The third kappa shape index (κ3) is 3.86. The van der Waals surface area contributed by atoms with Crippen molar-refractivity contribution in [2.24, 2.45) is 0 Å². The van der Waals surface area contributed by atoms with Crippen LogP contribution in [0.15, 0.2) is 24.3 Å². The fourth-order valence-corrected chi connectivity index (χ4v) is 3.97. The molecule has 0 aliphatic carbocycles. The summed E-state index contributed by atoms with van der Waals surface area (Å²) >= 11 is 0. The van der Waals surface area contributed by atoms with Crippen molar-refractivity contribution in [1.29, 1.82) is 0 Å². The third-order valence-electron chi connectivity index (χ3n) is 5.38. The predicted molar refractivity (Wildman–Crippen MR) is 93.7 cm³/mol. The molecule has 0 radical (unpaired) electrons. The summed E-state index contributed by atoms with van der Waals surface area (Å²) in [5.74, 6) is -1.98. The number of aliphatic carboxylic acids is 1. The van der Waals surface area contributed by atoms with E-state index < -0.39 is 35.4 Å². The standard InChI is InChI=1S/C19H23F3N2O4/c1-2-8-23-9-6-18(7-10-23)24(15(12-28-18)17(26)27)16(25)13-4-3-5-14(11-13)19(20,21)22/h3-5,11,15H,2,6-10,12H2,1H3,(H,26,27)/t15-/m0/s1. The fraction of sp³-hybridized carbons (Fsp3) is 0.579. The number of piperidine rings is 1. The van der Waals surface area contributed by atoms with Gasteiger partial charge >= 0.3 is 12.1 Å². The number of ether oxygens (including phenoxy) is 1. The quantitative estimate of drug-likeness (QED) is 0.842. The van der Waals surface area contributed by atoms with Crippen LogP contribution in [-0.4, -0.2) is 64.8 Å².